The Balaban J connectivity index is 2.59. The van der Waals surface area contributed by atoms with Gasteiger partial charge in [-0.3, -0.25) is 4.98 Å². The molecule has 0 radical (unpaired) electrons. The summed E-state index contributed by atoms with van der Waals surface area (Å²) in [5.41, 5.74) is 1.11. The van der Waals surface area contributed by atoms with Crippen LogP contribution in [0.4, 0.5) is 0 Å². The van der Waals surface area contributed by atoms with Gasteiger partial charge in [0.2, 0.25) is 0 Å². The van der Waals surface area contributed by atoms with Crippen LogP contribution in [0, 0.1) is 0 Å². The Hall–Kier alpha value is -1.42. The van der Waals surface area contributed by atoms with E-state index in [9.17, 15) is 4.79 Å². The van der Waals surface area contributed by atoms with Gasteiger partial charge in [0.15, 0.2) is 0 Å². The highest BCUT2D eigenvalue weighted by molar-refractivity contribution is 5.87. The van der Waals surface area contributed by atoms with E-state index in [0.29, 0.717) is 5.56 Å². The van der Waals surface area contributed by atoms with Crippen LogP contribution in [-0.2, 0) is 6.42 Å². The first-order chi connectivity index (χ1) is 6.74. The zero-order valence-electron chi connectivity index (χ0n) is 8.16. The molecule has 0 unspecified atom stereocenters. The predicted molar refractivity (Wildman–Crippen MR) is 53.4 cm³/mol. The molecule has 0 aliphatic heterocycles. The molecule has 0 bridgehead atoms. The number of aromatic carboxylic acids is 1. The lowest BCUT2D eigenvalue weighted by atomic mass is 10.2. The summed E-state index contributed by atoms with van der Waals surface area (Å²) >= 11 is 0. The number of nitrogens with one attached hydrogen (secondary N) is 1. The summed E-state index contributed by atoms with van der Waals surface area (Å²) < 4.78 is 0. The molecule has 0 saturated carbocycles. The molecule has 14 heavy (non-hydrogen) atoms. The van der Waals surface area contributed by atoms with Crippen LogP contribution < -0.4 is 5.32 Å². The lowest BCUT2D eigenvalue weighted by molar-refractivity contribution is 0.0696. The molecule has 1 heterocycles. The van der Waals surface area contributed by atoms with Crippen molar-refractivity contribution in [3.05, 3.63) is 29.6 Å². The molecule has 0 fully saturated rings. The molecule has 76 valence electrons. The van der Waals surface area contributed by atoms with E-state index >= 15 is 0 Å². The average Bonchev–Trinajstić information content (AvgIpc) is 2.19. The minimum atomic E-state index is -0.905. The fourth-order valence-electron chi connectivity index (χ4n) is 1.14. The van der Waals surface area contributed by atoms with Crippen LogP contribution in [0.3, 0.4) is 0 Å². The highest BCUT2D eigenvalue weighted by Crippen LogP contribution is 2.01. The number of likely N-dealkylation sites (N-methyl/N-ethyl adjacent to an activating group) is 1. The van der Waals surface area contributed by atoms with Gasteiger partial charge in [0.1, 0.15) is 0 Å². The maximum Gasteiger partial charge on any atom is 0.335 e. The van der Waals surface area contributed by atoms with E-state index in [1.807, 2.05) is 6.92 Å². The van der Waals surface area contributed by atoms with Crippen molar-refractivity contribution in [2.45, 2.75) is 13.3 Å². The van der Waals surface area contributed by atoms with Gasteiger partial charge in [0.05, 0.1) is 5.56 Å². The van der Waals surface area contributed by atoms with Crippen molar-refractivity contribution in [1.82, 2.24) is 10.3 Å². The fourth-order valence-corrected chi connectivity index (χ4v) is 1.14. The van der Waals surface area contributed by atoms with Crippen molar-refractivity contribution in [3.8, 4) is 0 Å². The number of rotatable bonds is 5. The van der Waals surface area contributed by atoms with E-state index in [1.165, 1.54) is 12.3 Å². The first kappa shape index (κ1) is 10.7. The third-order valence-corrected chi connectivity index (χ3v) is 1.87. The molecule has 1 aromatic rings. The maximum atomic E-state index is 10.6. The Bertz CT molecular complexity index is 313. The molecule has 0 amide bonds. The van der Waals surface area contributed by atoms with Gasteiger partial charge in [0, 0.05) is 24.9 Å². The number of carbonyl (C=O) groups is 1. The number of hydrogen-bond donors (Lipinski definition) is 2. The van der Waals surface area contributed by atoms with Crippen LogP contribution >= 0.6 is 0 Å². The summed E-state index contributed by atoms with van der Waals surface area (Å²) in [7, 11) is 0. The van der Waals surface area contributed by atoms with Crippen LogP contribution in [-0.4, -0.2) is 29.1 Å². The monoisotopic (exact) mass is 194 g/mol. The zero-order chi connectivity index (χ0) is 10.4. The number of pyridine rings is 1. The Morgan fingerprint density at radius 1 is 1.64 bits per heavy atom. The summed E-state index contributed by atoms with van der Waals surface area (Å²) in [5, 5.41) is 11.9. The molecule has 1 rings (SSSR count). The molecule has 0 atom stereocenters. The summed E-state index contributed by atoms with van der Waals surface area (Å²) in [6, 6.07) is 3.11. The van der Waals surface area contributed by atoms with E-state index < -0.39 is 5.97 Å². The van der Waals surface area contributed by atoms with E-state index in [-0.39, 0.29) is 0 Å². The molecule has 4 nitrogen and oxygen atoms in total. The Labute approximate surface area is 83.0 Å². The lowest BCUT2D eigenvalue weighted by Gasteiger charge is -2.02. The van der Waals surface area contributed by atoms with E-state index in [0.717, 1.165) is 25.2 Å². The molecule has 4 heteroatoms. The third-order valence-electron chi connectivity index (χ3n) is 1.87. The van der Waals surface area contributed by atoms with Crippen molar-refractivity contribution in [2.75, 3.05) is 13.1 Å². The summed E-state index contributed by atoms with van der Waals surface area (Å²) in [5.74, 6) is -0.905. The Morgan fingerprint density at radius 3 is 3.07 bits per heavy atom. The van der Waals surface area contributed by atoms with Crippen LogP contribution in [0.2, 0.25) is 0 Å². The maximum absolute atomic E-state index is 10.6. The quantitative estimate of drug-likeness (QED) is 0.684. The van der Waals surface area contributed by atoms with Gasteiger partial charge in [-0.1, -0.05) is 6.92 Å². The SMILES string of the molecule is CCNCCc1cc(C(=O)O)ccn1. The van der Waals surface area contributed by atoms with Crippen molar-refractivity contribution < 1.29 is 9.90 Å². The summed E-state index contributed by atoms with van der Waals surface area (Å²) in [4.78, 5) is 14.7. The van der Waals surface area contributed by atoms with Crippen molar-refractivity contribution in [3.63, 3.8) is 0 Å². The third kappa shape index (κ3) is 3.14. The minimum Gasteiger partial charge on any atom is -0.478 e. The second-order valence-corrected chi connectivity index (χ2v) is 2.94. The second kappa shape index (κ2) is 5.34. The molecule has 0 aliphatic carbocycles. The number of carboxylic acids is 1. The second-order valence-electron chi connectivity index (χ2n) is 2.94. The molecular formula is C10H14N2O2. The van der Waals surface area contributed by atoms with Crippen LogP contribution in [0.1, 0.15) is 23.0 Å². The van der Waals surface area contributed by atoms with Crippen LogP contribution in [0.15, 0.2) is 18.3 Å². The van der Waals surface area contributed by atoms with Crippen molar-refractivity contribution in [2.24, 2.45) is 0 Å². The highest BCUT2D eigenvalue weighted by atomic mass is 16.4. The fraction of sp³-hybridized carbons (Fsp3) is 0.400. The van der Waals surface area contributed by atoms with E-state index in [2.05, 4.69) is 10.3 Å². The van der Waals surface area contributed by atoms with Gasteiger partial charge < -0.3 is 10.4 Å². The Morgan fingerprint density at radius 2 is 2.43 bits per heavy atom. The van der Waals surface area contributed by atoms with Gasteiger partial charge >= 0.3 is 5.97 Å². The molecule has 0 aliphatic rings. The number of aromatic nitrogens is 1. The largest absolute Gasteiger partial charge is 0.478 e. The molecule has 2 N–H and O–H groups in total. The van der Waals surface area contributed by atoms with Crippen LogP contribution in [0.5, 0.6) is 0 Å². The average molecular weight is 194 g/mol. The topological polar surface area (TPSA) is 62.2 Å². The molecule has 0 saturated heterocycles. The number of nitrogens with zero attached hydrogens (tertiary/aromatic N) is 1. The van der Waals surface area contributed by atoms with Crippen molar-refractivity contribution >= 4 is 5.97 Å². The first-order valence-corrected chi connectivity index (χ1v) is 4.63. The van der Waals surface area contributed by atoms with Gasteiger partial charge in [-0.05, 0) is 18.7 Å². The zero-order valence-corrected chi connectivity index (χ0v) is 8.16. The molecule has 1 aromatic heterocycles. The normalized spacial score (nSPS) is 10.1. The van der Waals surface area contributed by atoms with Gasteiger partial charge in [-0.2, -0.15) is 0 Å². The molecule has 0 aromatic carbocycles. The smallest absolute Gasteiger partial charge is 0.335 e. The van der Waals surface area contributed by atoms with Crippen molar-refractivity contribution in [1.29, 1.82) is 0 Å². The Kier molecular flexibility index (Phi) is 4.07. The molecular weight excluding hydrogens is 180 g/mol. The number of hydrogen-bond acceptors (Lipinski definition) is 3. The lowest BCUT2D eigenvalue weighted by Crippen LogP contribution is -2.16. The van der Waals surface area contributed by atoms with Gasteiger partial charge in [-0.25, -0.2) is 4.79 Å². The van der Waals surface area contributed by atoms with Crippen LogP contribution in [0.25, 0.3) is 0 Å². The van der Waals surface area contributed by atoms with Gasteiger partial charge in [0.25, 0.3) is 0 Å². The highest BCUT2D eigenvalue weighted by Gasteiger charge is 2.03. The standard InChI is InChI=1S/C10H14N2O2/c1-2-11-5-4-9-7-8(10(13)14)3-6-12-9/h3,6-7,11H,2,4-5H2,1H3,(H,13,14). The van der Waals surface area contributed by atoms with E-state index in [4.69, 9.17) is 5.11 Å². The van der Waals surface area contributed by atoms with Gasteiger partial charge in [-0.15, -0.1) is 0 Å². The number of carboxylic acid groups (broad SMARTS) is 1. The first-order valence-electron chi connectivity index (χ1n) is 4.63. The molecule has 0 spiro atoms. The van der Waals surface area contributed by atoms with E-state index in [1.54, 1.807) is 6.07 Å². The predicted octanol–water partition coefficient (Wildman–Crippen LogP) is 0.932. The minimum absolute atomic E-state index is 0.298. The summed E-state index contributed by atoms with van der Waals surface area (Å²) in [6.07, 6.45) is 2.29. The summed E-state index contributed by atoms with van der Waals surface area (Å²) in [6.45, 7) is 3.77.